The molecule has 28 heavy (non-hydrogen) atoms. The summed E-state index contributed by atoms with van der Waals surface area (Å²) in [5, 5.41) is 10.4. The van der Waals surface area contributed by atoms with Gasteiger partial charge in [0.25, 0.3) is 0 Å². The van der Waals surface area contributed by atoms with E-state index in [0.29, 0.717) is 0 Å². The molecule has 0 bridgehead atoms. The zero-order valence-electron chi connectivity index (χ0n) is 14.1. The molecule has 2 rings (SSSR count). The SMILES string of the molecule is CC(=O)O[C@H]1[C@@H](O)[C@H](n2ccc(N)nc2=O)O[C@@H]1COP(=O)(O)OP(=O)(O)O. The Morgan fingerprint density at radius 1 is 1.39 bits per heavy atom. The molecule has 0 amide bonds. The lowest BCUT2D eigenvalue weighted by Crippen LogP contribution is -2.39. The highest BCUT2D eigenvalue weighted by Gasteiger charge is 2.48. The molecule has 6 N–H and O–H groups in total. The summed E-state index contributed by atoms with van der Waals surface area (Å²) in [5.74, 6) is -0.944. The number of esters is 1. The van der Waals surface area contributed by atoms with E-state index >= 15 is 0 Å². The summed E-state index contributed by atoms with van der Waals surface area (Å²) in [6.45, 7) is 0.124. The first-order valence-corrected chi connectivity index (χ1v) is 10.4. The lowest BCUT2D eigenvalue weighted by molar-refractivity contribution is -0.153. The van der Waals surface area contributed by atoms with Crippen molar-refractivity contribution in [3.63, 3.8) is 0 Å². The summed E-state index contributed by atoms with van der Waals surface area (Å²) in [6.07, 6.45) is -4.77. The number of phosphoric acid groups is 2. The molecule has 0 saturated carbocycles. The van der Waals surface area contributed by atoms with Gasteiger partial charge in [-0.1, -0.05) is 0 Å². The Balaban J connectivity index is 2.22. The third kappa shape index (κ3) is 5.91. The highest BCUT2D eigenvalue weighted by molar-refractivity contribution is 7.60. The van der Waals surface area contributed by atoms with Gasteiger partial charge in [0.15, 0.2) is 12.3 Å². The number of aliphatic hydroxyl groups is 1. The summed E-state index contributed by atoms with van der Waals surface area (Å²) in [5.41, 5.74) is 4.48. The average molecular weight is 445 g/mol. The van der Waals surface area contributed by atoms with Crippen molar-refractivity contribution in [3.8, 4) is 0 Å². The molecule has 1 fully saturated rings. The van der Waals surface area contributed by atoms with Gasteiger partial charge in [0.05, 0.1) is 6.61 Å². The second-order valence-corrected chi connectivity index (χ2v) is 8.34. The lowest BCUT2D eigenvalue weighted by Gasteiger charge is -2.20. The number of aliphatic hydroxyl groups excluding tert-OH is 1. The van der Waals surface area contributed by atoms with Crippen molar-refractivity contribution in [3.05, 3.63) is 22.7 Å². The third-order valence-corrected chi connectivity index (χ3v) is 5.50. The molecule has 5 atom stereocenters. The molecule has 1 unspecified atom stereocenters. The van der Waals surface area contributed by atoms with Crippen molar-refractivity contribution < 1.29 is 52.0 Å². The molecule has 0 aliphatic carbocycles. The van der Waals surface area contributed by atoms with Gasteiger partial charge >= 0.3 is 27.3 Å². The molecular formula is C11H17N3O12P2. The fraction of sp³-hybridized carbons (Fsp3) is 0.545. The fourth-order valence-corrected chi connectivity index (χ4v) is 3.97. The number of anilines is 1. The summed E-state index contributed by atoms with van der Waals surface area (Å²) in [4.78, 5) is 53.1. The maximum atomic E-state index is 11.9. The number of ether oxygens (including phenoxy) is 2. The maximum absolute atomic E-state index is 11.9. The van der Waals surface area contributed by atoms with Crippen LogP contribution >= 0.6 is 15.6 Å². The van der Waals surface area contributed by atoms with Crippen LogP contribution in [0.3, 0.4) is 0 Å². The van der Waals surface area contributed by atoms with Crippen LogP contribution in [0, 0.1) is 0 Å². The van der Waals surface area contributed by atoms with Gasteiger partial charge < -0.3 is 35.0 Å². The van der Waals surface area contributed by atoms with E-state index < -0.39 is 58.5 Å². The van der Waals surface area contributed by atoms with Crippen molar-refractivity contribution in [2.75, 3.05) is 12.3 Å². The Morgan fingerprint density at radius 2 is 2.04 bits per heavy atom. The van der Waals surface area contributed by atoms with Crippen molar-refractivity contribution >= 4 is 27.4 Å². The summed E-state index contributed by atoms with van der Waals surface area (Å²) in [6, 6.07) is 1.23. The molecule has 0 spiro atoms. The lowest BCUT2D eigenvalue weighted by atomic mass is 10.1. The Morgan fingerprint density at radius 3 is 2.57 bits per heavy atom. The number of nitrogen functional groups attached to an aromatic ring is 1. The number of hydrogen-bond acceptors (Lipinski definition) is 11. The van der Waals surface area contributed by atoms with Crippen LogP contribution in [0.5, 0.6) is 0 Å². The maximum Gasteiger partial charge on any atom is 0.481 e. The molecule has 1 aliphatic heterocycles. The first-order chi connectivity index (χ1) is 12.8. The van der Waals surface area contributed by atoms with E-state index in [2.05, 4.69) is 13.8 Å². The van der Waals surface area contributed by atoms with E-state index in [1.165, 1.54) is 6.07 Å². The van der Waals surface area contributed by atoms with Gasteiger partial charge in [-0.15, -0.1) is 0 Å². The molecule has 2 heterocycles. The van der Waals surface area contributed by atoms with Gasteiger partial charge in [-0.2, -0.15) is 9.29 Å². The van der Waals surface area contributed by atoms with E-state index in [1.54, 1.807) is 0 Å². The van der Waals surface area contributed by atoms with Gasteiger partial charge in [-0.25, -0.2) is 13.9 Å². The minimum atomic E-state index is -5.35. The van der Waals surface area contributed by atoms with Crippen molar-refractivity contribution in [1.82, 2.24) is 9.55 Å². The molecule has 0 radical (unpaired) electrons. The van der Waals surface area contributed by atoms with Gasteiger partial charge in [0.1, 0.15) is 18.0 Å². The van der Waals surface area contributed by atoms with Crippen LogP contribution in [-0.2, 0) is 32.2 Å². The van der Waals surface area contributed by atoms with Crippen molar-refractivity contribution in [2.45, 2.75) is 31.5 Å². The highest BCUT2D eigenvalue weighted by Crippen LogP contribution is 2.57. The quantitative estimate of drug-likeness (QED) is 0.231. The molecule has 1 aliphatic rings. The van der Waals surface area contributed by atoms with Gasteiger partial charge in [0.2, 0.25) is 0 Å². The fourth-order valence-electron chi connectivity index (χ4n) is 2.37. The Labute approximate surface area is 156 Å². The zero-order valence-corrected chi connectivity index (χ0v) is 15.9. The number of phosphoric ester groups is 1. The summed E-state index contributed by atoms with van der Waals surface area (Å²) >= 11 is 0. The molecule has 17 heteroatoms. The standard InChI is InChI=1S/C11H17N3O12P2/c1-5(15)24-9-6(4-23-28(21,22)26-27(18,19)20)25-10(8(9)16)14-3-2-7(12)13-11(14)17/h2-3,6,8-10,16H,4H2,1H3,(H,21,22)(H2,12,13,17)(H2,18,19,20)/t6-,8-,9-,10-/m1/s1. The predicted molar refractivity (Wildman–Crippen MR) is 87.3 cm³/mol. The van der Waals surface area contributed by atoms with E-state index in [0.717, 1.165) is 17.7 Å². The van der Waals surface area contributed by atoms with Crippen molar-refractivity contribution in [1.29, 1.82) is 0 Å². The van der Waals surface area contributed by atoms with Crippen LogP contribution < -0.4 is 11.4 Å². The molecule has 15 nitrogen and oxygen atoms in total. The van der Waals surface area contributed by atoms with Crippen LogP contribution in [0.25, 0.3) is 0 Å². The topological polar surface area (TPSA) is 230 Å². The Hall–Kier alpha value is -1.67. The first kappa shape index (κ1) is 22.6. The summed E-state index contributed by atoms with van der Waals surface area (Å²) in [7, 11) is -10.6. The third-order valence-electron chi connectivity index (χ3n) is 3.35. The molecular weight excluding hydrogens is 428 g/mol. The first-order valence-electron chi connectivity index (χ1n) is 7.39. The minimum Gasteiger partial charge on any atom is -0.457 e. The van der Waals surface area contributed by atoms with E-state index in [9.17, 15) is 28.7 Å². The molecule has 158 valence electrons. The molecule has 0 aromatic carbocycles. The van der Waals surface area contributed by atoms with E-state index in [4.69, 9.17) is 25.0 Å². The van der Waals surface area contributed by atoms with Crippen LogP contribution in [0.15, 0.2) is 17.1 Å². The Bertz CT molecular complexity index is 884. The zero-order chi connectivity index (χ0) is 21.3. The number of hydrogen-bond donors (Lipinski definition) is 5. The van der Waals surface area contributed by atoms with Gasteiger partial charge in [-0.05, 0) is 6.07 Å². The second-order valence-electron chi connectivity index (χ2n) is 5.51. The van der Waals surface area contributed by atoms with Crippen LogP contribution in [0.1, 0.15) is 13.2 Å². The van der Waals surface area contributed by atoms with Gasteiger partial charge in [0, 0.05) is 13.1 Å². The van der Waals surface area contributed by atoms with Crippen LogP contribution in [-0.4, -0.2) is 60.2 Å². The molecule has 1 aromatic rings. The largest absolute Gasteiger partial charge is 0.481 e. The molecule has 1 saturated heterocycles. The second kappa shape index (κ2) is 8.37. The number of aromatic nitrogens is 2. The van der Waals surface area contributed by atoms with E-state index in [-0.39, 0.29) is 5.82 Å². The van der Waals surface area contributed by atoms with Crippen LogP contribution in [0.2, 0.25) is 0 Å². The number of nitrogens with two attached hydrogens (primary N) is 1. The minimum absolute atomic E-state index is 0.0963. The normalized spacial score (nSPS) is 27.3. The average Bonchev–Trinajstić information content (AvgIpc) is 2.79. The predicted octanol–water partition coefficient (Wildman–Crippen LogP) is -1.76. The van der Waals surface area contributed by atoms with Crippen molar-refractivity contribution in [2.24, 2.45) is 0 Å². The van der Waals surface area contributed by atoms with Gasteiger partial charge in [-0.3, -0.25) is 13.9 Å². The Kier molecular flexibility index (Phi) is 6.76. The number of carbonyl (C=O) groups excluding carboxylic acids is 1. The number of rotatable bonds is 7. The molecule has 1 aromatic heterocycles. The highest BCUT2D eigenvalue weighted by atomic mass is 31.3. The number of carbonyl (C=O) groups is 1. The monoisotopic (exact) mass is 445 g/mol. The smallest absolute Gasteiger partial charge is 0.457 e. The summed E-state index contributed by atoms with van der Waals surface area (Å²) < 4.78 is 41.4. The van der Waals surface area contributed by atoms with E-state index in [1.807, 2.05) is 0 Å². The van der Waals surface area contributed by atoms with Crippen LogP contribution in [0.4, 0.5) is 5.82 Å². The number of nitrogens with zero attached hydrogens (tertiary/aromatic N) is 2.